The normalized spacial score (nSPS) is 10.4. The van der Waals surface area contributed by atoms with Crippen molar-refractivity contribution in [2.75, 3.05) is 26.1 Å². The van der Waals surface area contributed by atoms with Gasteiger partial charge in [-0.3, -0.25) is 0 Å². The molecule has 0 heterocycles. The van der Waals surface area contributed by atoms with Gasteiger partial charge in [-0.05, 0) is 79.2 Å². The number of nitrogens with one attached hydrogen (secondary N) is 1. The zero-order valence-corrected chi connectivity index (χ0v) is 19.9. The Labute approximate surface area is 195 Å². The Morgan fingerprint density at radius 1 is 0.844 bits per heavy atom. The first-order valence-corrected chi connectivity index (χ1v) is 11.0. The third-order valence-electron chi connectivity index (χ3n) is 5.02. The molecule has 0 aliphatic carbocycles. The summed E-state index contributed by atoms with van der Waals surface area (Å²) >= 11 is 5.83. The van der Waals surface area contributed by atoms with Gasteiger partial charge in [-0.15, -0.1) is 0 Å². The van der Waals surface area contributed by atoms with Gasteiger partial charge in [-0.25, -0.2) is 0 Å². The highest BCUT2D eigenvalue weighted by Gasteiger charge is 2.14. The van der Waals surface area contributed by atoms with Crippen LogP contribution in [0.1, 0.15) is 23.6 Å². The predicted molar refractivity (Wildman–Crippen MR) is 134 cm³/mol. The van der Waals surface area contributed by atoms with Crippen LogP contribution in [0.25, 0.3) is 0 Å². The lowest BCUT2D eigenvalue weighted by Crippen LogP contribution is -2.34. The van der Waals surface area contributed by atoms with Gasteiger partial charge >= 0.3 is 0 Å². The minimum absolute atomic E-state index is 0.624. The quantitative estimate of drug-likeness (QED) is 0.415. The SMILES string of the molecule is CCOc1ccc(CN(Cc2ccc(OC)cc2)C(=S)Nc2cc(C)ccc2OC)cc1. The van der Waals surface area contributed by atoms with Crippen molar-refractivity contribution >= 4 is 23.0 Å². The minimum Gasteiger partial charge on any atom is -0.497 e. The van der Waals surface area contributed by atoms with Gasteiger partial charge < -0.3 is 24.4 Å². The summed E-state index contributed by atoms with van der Waals surface area (Å²) in [4.78, 5) is 2.13. The second-order valence-corrected chi connectivity index (χ2v) is 7.80. The molecule has 0 saturated heterocycles. The van der Waals surface area contributed by atoms with E-state index in [4.69, 9.17) is 26.4 Å². The van der Waals surface area contributed by atoms with Crippen LogP contribution in [0.15, 0.2) is 66.7 Å². The first-order chi connectivity index (χ1) is 15.5. The van der Waals surface area contributed by atoms with Crippen LogP contribution >= 0.6 is 12.2 Å². The van der Waals surface area contributed by atoms with E-state index in [0.717, 1.165) is 39.6 Å². The number of thiocarbonyl (C=S) groups is 1. The predicted octanol–water partition coefficient (Wildman–Crippen LogP) is 5.81. The number of benzene rings is 3. The Bertz CT molecular complexity index is 1020. The summed E-state index contributed by atoms with van der Waals surface area (Å²) in [6.07, 6.45) is 0. The van der Waals surface area contributed by atoms with Crippen molar-refractivity contribution in [2.45, 2.75) is 26.9 Å². The number of nitrogens with zero attached hydrogens (tertiary/aromatic N) is 1. The van der Waals surface area contributed by atoms with Crippen LogP contribution in [0.2, 0.25) is 0 Å². The van der Waals surface area contributed by atoms with Crippen molar-refractivity contribution in [1.82, 2.24) is 4.90 Å². The molecule has 0 aliphatic heterocycles. The first kappa shape index (κ1) is 23.4. The molecule has 168 valence electrons. The second-order valence-electron chi connectivity index (χ2n) is 7.41. The van der Waals surface area contributed by atoms with Gasteiger partial charge in [-0.2, -0.15) is 0 Å². The average Bonchev–Trinajstić information content (AvgIpc) is 2.80. The molecule has 0 bridgehead atoms. The summed E-state index contributed by atoms with van der Waals surface area (Å²) in [5, 5.41) is 4.00. The number of anilines is 1. The minimum atomic E-state index is 0.624. The fourth-order valence-electron chi connectivity index (χ4n) is 3.34. The maximum Gasteiger partial charge on any atom is 0.174 e. The molecule has 0 unspecified atom stereocenters. The molecule has 32 heavy (non-hydrogen) atoms. The van der Waals surface area contributed by atoms with Gasteiger partial charge in [0.15, 0.2) is 5.11 Å². The third kappa shape index (κ3) is 6.37. The number of ether oxygens (including phenoxy) is 3. The van der Waals surface area contributed by atoms with Gasteiger partial charge in [0.1, 0.15) is 17.2 Å². The van der Waals surface area contributed by atoms with Crippen LogP contribution in [0, 0.1) is 6.92 Å². The summed E-state index contributed by atoms with van der Waals surface area (Å²) in [5.74, 6) is 2.45. The average molecular weight is 451 g/mol. The van der Waals surface area contributed by atoms with E-state index in [0.29, 0.717) is 24.8 Å². The van der Waals surface area contributed by atoms with Crippen molar-refractivity contribution < 1.29 is 14.2 Å². The number of aryl methyl sites for hydroxylation is 1. The molecule has 6 heteroatoms. The maximum absolute atomic E-state index is 5.83. The van der Waals surface area contributed by atoms with E-state index >= 15 is 0 Å². The largest absolute Gasteiger partial charge is 0.497 e. The zero-order valence-electron chi connectivity index (χ0n) is 19.1. The van der Waals surface area contributed by atoms with Gasteiger partial charge in [0.25, 0.3) is 0 Å². The van der Waals surface area contributed by atoms with Crippen molar-refractivity contribution in [3.63, 3.8) is 0 Å². The smallest absolute Gasteiger partial charge is 0.174 e. The molecular weight excluding hydrogens is 420 g/mol. The summed E-state index contributed by atoms with van der Waals surface area (Å²) in [7, 11) is 3.33. The fraction of sp³-hybridized carbons (Fsp3) is 0.269. The Morgan fingerprint density at radius 2 is 1.44 bits per heavy atom. The molecular formula is C26H30N2O3S. The molecule has 0 atom stereocenters. The molecule has 0 saturated carbocycles. The van der Waals surface area contributed by atoms with E-state index in [1.54, 1.807) is 14.2 Å². The van der Waals surface area contributed by atoms with Crippen LogP contribution < -0.4 is 19.5 Å². The summed E-state index contributed by atoms with van der Waals surface area (Å²) in [6, 6.07) is 22.2. The van der Waals surface area contributed by atoms with E-state index in [1.165, 1.54) is 0 Å². The molecule has 5 nitrogen and oxygen atoms in total. The highest BCUT2D eigenvalue weighted by Crippen LogP contribution is 2.26. The number of methoxy groups -OCH3 is 2. The molecule has 0 fully saturated rings. The summed E-state index contributed by atoms with van der Waals surface area (Å²) < 4.78 is 16.4. The van der Waals surface area contributed by atoms with Crippen molar-refractivity contribution in [3.8, 4) is 17.2 Å². The van der Waals surface area contributed by atoms with E-state index in [1.807, 2.05) is 56.3 Å². The molecule has 0 radical (unpaired) electrons. The Kier molecular flexibility index (Phi) is 8.34. The highest BCUT2D eigenvalue weighted by atomic mass is 32.1. The Morgan fingerprint density at radius 3 is 1.97 bits per heavy atom. The highest BCUT2D eigenvalue weighted by molar-refractivity contribution is 7.80. The van der Waals surface area contributed by atoms with Crippen LogP contribution in [0.5, 0.6) is 17.2 Å². The summed E-state index contributed by atoms with van der Waals surface area (Å²) in [6.45, 7) is 5.97. The van der Waals surface area contributed by atoms with Gasteiger partial charge in [0, 0.05) is 13.1 Å². The van der Waals surface area contributed by atoms with Crippen LogP contribution in [0.4, 0.5) is 5.69 Å². The first-order valence-electron chi connectivity index (χ1n) is 10.6. The lowest BCUT2D eigenvalue weighted by molar-refractivity contribution is 0.340. The molecule has 1 N–H and O–H groups in total. The molecule has 3 aromatic rings. The standard InChI is InChI=1S/C26H30N2O3S/c1-5-31-23-13-9-21(10-14-23)18-28(17-20-7-11-22(29-3)12-8-20)26(32)27-24-16-19(2)6-15-25(24)30-4/h6-16H,5,17-18H2,1-4H3,(H,27,32). The van der Waals surface area contributed by atoms with E-state index in [-0.39, 0.29) is 0 Å². The topological polar surface area (TPSA) is 43.0 Å². The van der Waals surface area contributed by atoms with Crippen LogP contribution in [-0.2, 0) is 13.1 Å². The molecule has 0 spiro atoms. The van der Waals surface area contributed by atoms with Gasteiger partial charge in [0.05, 0.1) is 26.5 Å². The van der Waals surface area contributed by atoms with Gasteiger partial charge in [0.2, 0.25) is 0 Å². The zero-order chi connectivity index (χ0) is 22.9. The Hall–Kier alpha value is -3.25. The van der Waals surface area contributed by atoms with Crippen molar-refractivity contribution in [3.05, 3.63) is 83.4 Å². The fourth-order valence-corrected chi connectivity index (χ4v) is 3.58. The number of rotatable bonds is 9. The molecule has 3 rings (SSSR count). The lowest BCUT2D eigenvalue weighted by atomic mass is 10.1. The molecule has 0 aromatic heterocycles. The monoisotopic (exact) mass is 450 g/mol. The Balaban J connectivity index is 1.82. The molecule has 0 amide bonds. The van der Waals surface area contributed by atoms with E-state index < -0.39 is 0 Å². The second kappa shape index (κ2) is 11.4. The van der Waals surface area contributed by atoms with Crippen LogP contribution in [-0.4, -0.2) is 30.8 Å². The third-order valence-corrected chi connectivity index (χ3v) is 5.38. The number of hydrogen-bond donors (Lipinski definition) is 1. The summed E-state index contributed by atoms with van der Waals surface area (Å²) in [5.41, 5.74) is 4.26. The van der Waals surface area contributed by atoms with Crippen molar-refractivity contribution in [2.24, 2.45) is 0 Å². The number of hydrogen-bond acceptors (Lipinski definition) is 4. The van der Waals surface area contributed by atoms with E-state index in [2.05, 4.69) is 34.5 Å². The van der Waals surface area contributed by atoms with E-state index in [9.17, 15) is 0 Å². The van der Waals surface area contributed by atoms with Crippen LogP contribution in [0.3, 0.4) is 0 Å². The maximum atomic E-state index is 5.83. The molecule has 3 aromatic carbocycles. The van der Waals surface area contributed by atoms with Crippen molar-refractivity contribution in [1.29, 1.82) is 0 Å². The lowest BCUT2D eigenvalue weighted by Gasteiger charge is -2.27. The molecule has 0 aliphatic rings. The van der Waals surface area contributed by atoms with Gasteiger partial charge in [-0.1, -0.05) is 30.3 Å².